The molecule has 1 fully saturated rings. The maximum Gasteiger partial charge on any atom is 0.410 e. The van der Waals surface area contributed by atoms with Crippen molar-refractivity contribution in [2.75, 3.05) is 13.1 Å². The molecule has 1 rings (SSSR count). The van der Waals surface area contributed by atoms with Crippen LogP contribution < -0.4 is 0 Å². The second-order valence-electron chi connectivity index (χ2n) is 7.13. The number of nitrogens with zero attached hydrogens (tertiary/aromatic N) is 1. The second kappa shape index (κ2) is 6.15. The van der Waals surface area contributed by atoms with Gasteiger partial charge in [0, 0.05) is 13.1 Å². The highest BCUT2D eigenvalue weighted by Crippen LogP contribution is 2.39. The van der Waals surface area contributed by atoms with Crippen LogP contribution in [0.15, 0.2) is 0 Å². The summed E-state index contributed by atoms with van der Waals surface area (Å²) in [7, 11) is 0. The van der Waals surface area contributed by atoms with Gasteiger partial charge in [0.2, 0.25) is 0 Å². The fourth-order valence-electron chi connectivity index (χ4n) is 2.87. The summed E-state index contributed by atoms with van der Waals surface area (Å²) < 4.78 is 5.49. The Hall–Kier alpha value is -0.730. The quantitative estimate of drug-likeness (QED) is 0.757. The van der Waals surface area contributed by atoms with Crippen LogP contribution >= 0.6 is 0 Å². The number of carbonyl (C=O) groups excluding carboxylic acids is 1. The Bertz CT molecular complexity index is 302. The van der Waals surface area contributed by atoms with E-state index in [1.54, 1.807) is 0 Å². The molecule has 0 radical (unpaired) electrons. The third-order valence-electron chi connectivity index (χ3n) is 4.67. The van der Waals surface area contributed by atoms with E-state index in [0.717, 1.165) is 19.5 Å². The molecule has 19 heavy (non-hydrogen) atoms. The van der Waals surface area contributed by atoms with Crippen LogP contribution in [0, 0.1) is 11.3 Å². The fourth-order valence-corrected chi connectivity index (χ4v) is 2.87. The monoisotopic (exact) mass is 269 g/mol. The molecule has 0 aromatic rings. The van der Waals surface area contributed by atoms with E-state index in [1.807, 2.05) is 25.7 Å². The fraction of sp³-hybridized carbons (Fsp3) is 0.938. The molecule has 3 nitrogen and oxygen atoms in total. The zero-order valence-corrected chi connectivity index (χ0v) is 13.6. The highest BCUT2D eigenvalue weighted by Gasteiger charge is 2.36. The predicted molar refractivity (Wildman–Crippen MR) is 79.2 cm³/mol. The minimum absolute atomic E-state index is 0.147. The zero-order chi connectivity index (χ0) is 14.7. The molecule has 3 heteroatoms. The van der Waals surface area contributed by atoms with Gasteiger partial charge < -0.3 is 9.64 Å². The molecular weight excluding hydrogens is 238 g/mol. The molecular formula is C16H31NO2. The molecule has 1 unspecified atom stereocenters. The van der Waals surface area contributed by atoms with Crippen LogP contribution in [0.1, 0.15) is 67.2 Å². The minimum Gasteiger partial charge on any atom is -0.444 e. The molecule has 1 atom stereocenters. The van der Waals surface area contributed by atoms with Crippen LogP contribution in [0.5, 0.6) is 0 Å². The molecule has 1 aliphatic rings. The predicted octanol–water partition coefficient (Wildman–Crippen LogP) is 4.46. The maximum absolute atomic E-state index is 12.2. The van der Waals surface area contributed by atoms with Gasteiger partial charge in [-0.25, -0.2) is 4.79 Å². The van der Waals surface area contributed by atoms with Crippen LogP contribution in [0.2, 0.25) is 0 Å². The van der Waals surface area contributed by atoms with Crippen molar-refractivity contribution in [3.63, 3.8) is 0 Å². The SMILES string of the molecule is CCC(C)(CC)C1CCCN(C(=O)OC(C)(C)C)C1. The first-order valence-corrected chi connectivity index (χ1v) is 7.69. The lowest BCUT2D eigenvalue weighted by Crippen LogP contribution is -2.46. The molecule has 1 saturated heterocycles. The van der Waals surface area contributed by atoms with Crippen molar-refractivity contribution in [3.8, 4) is 0 Å². The Morgan fingerprint density at radius 3 is 2.26 bits per heavy atom. The minimum atomic E-state index is -0.400. The van der Waals surface area contributed by atoms with Gasteiger partial charge in [-0.3, -0.25) is 0 Å². The Morgan fingerprint density at radius 1 is 1.21 bits per heavy atom. The molecule has 0 aliphatic carbocycles. The summed E-state index contributed by atoms with van der Waals surface area (Å²) in [6.07, 6.45) is 4.54. The molecule has 1 heterocycles. The average molecular weight is 269 g/mol. The number of amides is 1. The summed E-state index contributed by atoms with van der Waals surface area (Å²) in [5.41, 5.74) is -0.0521. The molecule has 0 bridgehead atoms. The lowest BCUT2D eigenvalue weighted by molar-refractivity contribution is 0.00407. The van der Waals surface area contributed by atoms with Gasteiger partial charge in [0.25, 0.3) is 0 Å². The van der Waals surface area contributed by atoms with E-state index in [9.17, 15) is 4.79 Å². The van der Waals surface area contributed by atoms with E-state index in [2.05, 4.69) is 20.8 Å². The van der Waals surface area contributed by atoms with E-state index in [1.165, 1.54) is 19.3 Å². The smallest absolute Gasteiger partial charge is 0.410 e. The lowest BCUT2D eigenvalue weighted by atomic mass is 9.70. The Labute approximate surface area is 118 Å². The van der Waals surface area contributed by atoms with Crippen molar-refractivity contribution in [1.29, 1.82) is 0 Å². The van der Waals surface area contributed by atoms with Crippen molar-refractivity contribution in [2.24, 2.45) is 11.3 Å². The number of ether oxygens (including phenoxy) is 1. The van der Waals surface area contributed by atoms with Crippen molar-refractivity contribution in [2.45, 2.75) is 72.8 Å². The van der Waals surface area contributed by atoms with E-state index in [4.69, 9.17) is 4.74 Å². The van der Waals surface area contributed by atoms with Gasteiger partial charge in [-0.2, -0.15) is 0 Å². The van der Waals surface area contributed by atoms with Gasteiger partial charge in [0.05, 0.1) is 0 Å². The molecule has 1 aliphatic heterocycles. The molecule has 0 spiro atoms. The highest BCUT2D eigenvalue weighted by molar-refractivity contribution is 5.68. The van der Waals surface area contributed by atoms with Gasteiger partial charge >= 0.3 is 6.09 Å². The van der Waals surface area contributed by atoms with Crippen LogP contribution in [0.4, 0.5) is 4.79 Å². The summed E-state index contributed by atoms with van der Waals surface area (Å²) in [6, 6.07) is 0. The van der Waals surface area contributed by atoms with Crippen LogP contribution in [0.25, 0.3) is 0 Å². The Morgan fingerprint density at radius 2 is 1.79 bits per heavy atom. The summed E-state index contributed by atoms with van der Waals surface area (Å²) >= 11 is 0. The van der Waals surface area contributed by atoms with Crippen molar-refractivity contribution in [3.05, 3.63) is 0 Å². The van der Waals surface area contributed by atoms with Gasteiger partial charge in [-0.05, 0) is 44.9 Å². The first kappa shape index (κ1) is 16.3. The number of likely N-dealkylation sites (tertiary alicyclic amines) is 1. The topological polar surface area (TPSA) is 29.5 Å². The number of piperidine rings is 1. The van der Waals surface area contributed by atoms with E-state index in [0.29, 0.717) is 11.3 Å². The van der Waals surface area contributed by atoms with Crippen molar-refractivity contribution in [1.82, 2.24) is 4.90 Å². The second-order valence-corrected chi connectivity index (χ2v) is 7.13. The van der Waals surface area contributed by atoms with Gasteiger partial charge in [0.1, 0.15) is 5.60 Å². The van der Waals surface area contributed by atoms with Crippen molar-refractivity contribution < 1.29 is 9.53 Å². The Balaban J connectivity index is 2.67. The standard InChI is InChI=1S/C16H31NO2/c1-7-16(6,8-2)13-10-9-11-17(12-13)14(18)19-15(3,4)5/h13H,7-12H2,1-6H3. The van der Waals surface area contributed by atoms with Crippen LogP contribution in [-0.2, 0) is 4.74 Å². The lowest BCUT2D eigenvalue weighted by Gasteiger charge is -2.43. The summed E-state index contributed by atoms with van der Waals surface area (Å²) in [5, 5.41) is 0. The first-order chi connectivity index (χ1) is 8.72. The van der Waals surface area contributed by atoms with Crippen molar-refractivity contribution >= 4 is 6.09 Å². The van der Waals surface area contributed by atoms with E-state index < -0.39 is 5.60 Å². The summed E-state index contributed by atoms with van der Waals surface area (Å²) in [6.45, 7) is 14.3. The van der Waals surface area contributed by atoms with Gasteiger partial charge in [-0.1, -0.05) is 33.6 Å². The van der Waals surface area contributed by atoms with Crippen LogP contribution in [0.3, 0.4) is 0 Å². The largest absolute Gasteiger partial charge is 0.444 e. The molecule has 112 valence electrons. The molecule has 0 saturated carbocycles. The summed E-state index contributed by atoms with van der Waals surface area (Å²) in [4.78, 5) is 14.1. The third-order valence-corrected chi connectivity index (χ3v) is 4.67. The molecule has 0 N–H and O–H groups in total. The normalized spacial score (nSPS) is 21.4. The summed E-state index contributed by atoms with van der Waals surface area (Å²) in [5.74, 6) is 0.601. The van der Waals surface area contributed by atoms with E-state index >= 15 is 0 Å². The van der Waals surface area contributed by atoms with Gasteiger partial charge in [-0.15, -0.1) is 0 Å². The highest BCUT2D eigenvalue weighted by atomic mass is 16.6. The number of rotatable bonds is 3. The van der Waals surface area contributed by atoms with Crippen LogP contribution in [-0.4, -0.2) is 29.7 Å². The molecule has 0 aromatic heterocycles. The third kappa shape index (κ3) is 4.39. The Kier molecular flexibility index (Phi) is 5.28. The average Bonchev–Trinajstić information content (AvgIpc) is 2.36. The first-order valence-electron chi connectivity index (χ1n) is 7.69. The van der Waals surface area contributed by atoms with Gasteiger partial charge in [0.15, 0.2) is 0 Å². The zero-order valence-electron chi connectivity index (χ0n) is 13.6. The van der Waals surface area contributed by atoms with E-state index in [-0.39, 0.29) is 6.09 Å². The maximum atomic E-state index is 12.2. The molecule has 1 amide bonds. The molecule has 0 aromatic carbocycles. The number of carbonyl (C=O) groups is 1. The number of hydrogen-bond donors (Lipinski definition) is 0. The number of hydrogen-bond acceptors (Lipinski definition) is 2.